The number of benzene rings is 1. The molecule has 0 unspecified atom stereocenters. The number of nitrogens with one attached hydrogen (secondary N) is 1. The third kappa shape index (κ3) is 4.68. The van der Waals surface area contributed by atoms with E-state index in [1.165, 1.54) is 17.3 Å². The summed E-state index contributed by atoms with van der Waals surface area (Å²) in [5.41, 5.74) is 4.36. The van der Waals surface area contributed by atoms with E-state index in [1.807, 2.05) is 57.2 Å². The van der Waals surface area contributed by atoms with Crippen LogP contribution in [0.15, 0.2) is 54.1 Å². The number of hydrogen-bond donors (Lipinski definition) is 2. The van der Waals surface area contributed by atoms with Crippen LogP contribution in [0, 0.1) is 0 Å². The van der Waals surface area contributed by atoms with Gasteiger partial charge in [0.2, 0.25) is 0 Å². The maximum Gasteiger partial charge on any atom is 0.408 e. The van der Waals surface area contributed by atoms with Gasteiger partial charge in [0, 0.05) is 22.0 Å². The van der Waals surface area contributed by atoms with Gasteiger partial charge in [-0.15, -0.1) is 0 Å². The van der Waals surface area contributed by atoms with Crippen LogP contribution >= 0.6 is 11.8 Å². The van der Waals surface area contributed by atoms with Crippen molar-refractivity contribution in [1.82, 2.24) is 5.32 Å². The first-order valence-electron chi connectivity index (χ1n) is 9.23. The van der Waals surface area contributed by atoms with Gasteiger partial charge >= 0.3 is 12.1 Å². The summed E-state index contributed by atoms with van der Waals surface area (Å²) in [5.74, 6) is -0.611. The number of carboxylic acids is 1. The summed E-state index contributed by atoms with van der Waals surface area (Å²) in [6, 6.07) is 7.09. The van der Waals surface area contributed by atoms with Gasteiger partial charge in [0.05, 0.1) is 0 Å². The second-order valence-electron chi connectivity index (χ2n) is 7.78. The number of ether oxygens (including phenoxy) is 1. The zero-order chi connectivity index (χ0) is 20.3. The van der Waals surface area contributed by atoms with Gasteiger partial charge in [0.15, 0.2) is 0 Å². The van der Waals surface area contributed by atoms with Gasteiger partial charge in [-0.05, 0) is 16.7 Å². The molecule has 3 rings (SSSR count). The van der Waals surface area contributed by atoms with Crippen molar-refractivity contribution in [3.63, 3.8) is 0 Å². The summed E-state index contributed by atoms with van der Waals surface area (Å²) >= 11 is 1.48. The van der Waals surface area contributed by atoms with Crippen LogP contribution in [-0.2, 0) is 9.53 Å². The highest BCUT2D eigenvalue weighted by Crippen LogP contribution is 2.44. The third-order valence-corrected chi connectivity index (χ3v) is 5.98. The summed E-state index contributed by atoms with van der Waals surface area (Å²) in [6.45, 7) is 6.11. The van der Waals surface area contributed by atoms with E-state index in [0.717, 1.165) is 16.7 Å². The van der Waals surface area contributed by atoms with Crippen LogP contribution < -0.4 is 5.32 Å². The van der Waals surface area contributed by atoms with Crippen LogP contribution in [0.4, 0.5) is 4.79 Å². The largest absolute Gasteiger partial charge is 0.480 e. The Bertz CT molecular complexity index is 864. The monoisotopic (exact) mass is 399 g/mol. The highest BCUT2D eigenvalue weighted by atomic mass is 32.2. The Labute approximate surface area is 169 Å². The lowest BCUT2D eigenvalue weighted by Crippen LogP contribution is -2.43. The molecular formula is C22H25NO4S. The molecule has 1 aromatic rings. The molecule has 0 bridgehead atoms. The third-order valence-electron chi connectivity index (χ3n) is 4.62. The number of thioether (sulfide) groups is 1. The van der Waals surface area contributed by atoms with Gasteiger partial charge in [0.25, 0.3) is 0 Å². The number of carbonyl (C=O) groups is 2. The number of fused-ring (bicyclic) bond motifs is 3. The predicted octanol–water partition coefficient (Wildman–Crippen LogP) is 4.37. The van der Waals surface area contributed by atoms with E-state index in [0.29, 0.717) is 0 Å². The number of allylic oxidation sites excluding steroid dienone is 5. The molecule has 0 fully saturated rings. The summed E-state index contributed by atoms with van der Waals surface area (Å²) in [6.07, 6.45) is 7.45. The van der Waals surface area contributed by atoms with E-state index in [-0.39, 0.29) is 23.0 Å². The van der Waals surface area contributed by atoms with Crippen molar-refractivity contribution in [3.05, 3.63) is 65.3 Å². The highest BCUT2D eigenvalue weighted by Gasteiger charge is 2.30. The molecular weight excluding hydrogens is 374 g/mol. The molecule has 2 aliphatic rings. The van der Waals surface area contributed by atoms with Crippen LogP contribution in [0.2, 0.25) is 0 Å². The van der Waals surface area contributed by atoms with E-state index in [1.54, 1.807) is 0 Å². The maximum atomic E-state index is 12.3. The van der Waals surface area contributed by atoms with E-state index < -0.39 is 18.1 Å². The van der Waals surface area contributed by atoms with Crippen LogP contribution in [-0.4, -0.2) is 40.3 Å². The second-order valence-corrected chi connectivity index (χ2v) is 9.62. The van der Waals surface area contributed by atoms with Crippen LogP contribution in [0.3, 0.4) is 0 Å². The molecule has 0 heterocycles. The van der Waals surface area contributed by atoms with Crippen LogP contribution in [0.1, 0.15) is 37.8 Å². The lowest BCUT2D eigenvalue weighted by molar-refractivity contribution is -0.138. The molecule has 5 nitrogen and oxygen atoms in total. The van der Waals surface area contributed by atoms with Gasteiger partial charge in [-0.3, -0.25) is 0 Å². The minimum absolute atomic E-state index is 0.0881. The Kier molecular flexibility index (Phi) is 5.98. The highest BCUT2D eigenvalue weighted by molar-refractivity contribution is 8.00. The van der Waals surface area contributed by atoms with Crippen molar-refractivity contribution < 1.29 is 19.4 Å². The van der Waals surface area contributed by atoms with Crippen molar-refractivity contribution in [1.29, 1.82) is 0 Å². The molecule has 28 heavy (non-hydrogen) atoms. The fourth-order valence-electron chi connectivity index (χ4n) is 3.29. The molecule has 2 atom stereocenters. The quantitative estimate of drug-likeness (QED) is 0.743. The van der Waals surface area contributed by atoms with Crippen LogP contribution in [0.25, 0.3) is 5.57 Å². The Morgan fingerprint density at radius 3 is 2.71 bits per heavy atom. The smallest absolute Gasteiger partial charge is 0.408 e. The molecule has 1 amide bonds. The Morgan fingerprint density at radius 1 is 1.25 bits per heavy atom. The first kappa shape index (κ1) is 20.3. The van der Waals surface area contributed by atoms with Crippen molar-refractivity contribution in [2.24, 2.45) is 0 Å². The van der Waals surface area contributed by atoms with Crippen molar-refractivity contribution >= 4 is 29.4 Å². The zero-order valence-electron chi connectivity index (χ0n) is 16.3. The number of rotatable bonds is 6. The average Bonchev–Trinajstić information content (AvgIpc) is 2.96. The number of carboxylic acid groups (broad SMARTS) is 1. The van der Waals surface area contributed by atoms with Crippen molar-refractivity contribution in [3.8, 4) is 0 Å². The number of carbonyl (C=O) groups excluding carboxylic acids is 1. The molecule has 2 aliphatic carbocycles. The summed E-state index contributed by atoms with van der Waals surface area (Å²) < 4.78 is 5.32. The molecule has 0 saturated carbocycles. The lowest BCUT2D eigenvalue weighted by atomic mass is 9.92. The molecule has 0 radical (unpaired) electrons. The maximum absolute atomic E-state index is 12.3. The standard InChI is InChI=1S/C22H25NO4S/c1-22(2,3)28-13-19(20(24)25)23-21(26)27-12-18-16-10-6-4-8-14(16)15-9-5-7-11-17(15)18/h4-11,14,19H,12-13H2,1-3H3,(H,23,26)(H,24,25)/t14-,19+/m1/s1. The van der Waals surface area contributed by atoms with E-state index in [9.17, 15) is 14.7 Å². The first-order chi connectivity index (χ1) is 13.3. The van der Waals surface area contributed by atoms with E-state index in [4.69, 9.17) is 4.74 Å². The molecule has 1 aromatic carbocycles. The number of hydrogen-bond acceptors (Lipinski definition) is 4. The molecule has 148 valence electrons. The molecule has 0 aromatic heterocycles. The summed E-state index contributed by atoms with van der Waals surface area (Å²) in [4.78, 5) is 23.7. The van der Waals surface area contributed by atoms with Crippen molar-refractivity contribution in [2.45, 2.75) is 37.5 Å². The van der Waals surface area contributed by atoms with Gasteiger partial charge in [0.1, 0.15) is 12.6 Å². The first-order valence-corrected chi connectivity index (χ1v) is 10.2. The Hall–Kier alpha value is -2.47. The van der Waals surface area contributed by atoms with Gasteiger partial charge in [-0.2, -0.15) is 11.8 Å². The molecule has 6 heteroatoms. The molecule has 0 saturated heterocycles. The number of aliphatic carboxylic acids is 1. The van der Waals surface area contributed by atoms with Crippen LogP contribution in [0.5, 0.6) is 0 Å². The Balaban J connectivity index is 1.66. The fourth-order valence-corrected chi connectivity index (χ4v) is 4.18. The zero-order valence-corrected chi connectivity index (χ0v) is 17.1. The van der Waals surface area contributed by atoms with Gasteiger partial charge in [-0.25, -0.2) is 9.59 Å². The minimum Gasteiger partial charge on any atom is -0.480 e. The van der Waals surface area contributed by atoms with E-state index in [2.05, 4.69) is 17.5 Å². The summed E-state index contributed by atoms with van der Waals surface area (Å²) in [5, 5.41) is 11.8. The Morgan fingerprint density at radius 2 is 2.00 bits per heavy atom. The molecule has 0 aliphatic heterocycles. The second kappa shape index (κ2) is 8.27. The molecule has 0 spiro atoms. The van der Waals surface area contributed by atoms with Crippen molar-refractivity contribution in [2.75, 3.05) is 12.4 Å². The van der Waals surface area contributed by atoms with Gasteiger partial charge < -0.3 is 15.2 Å². The predicted molar refractivity (Wildman–Crippen MR) is 113 cm³/mol. The number of amides is 1. The minimum atomic E-state index is -1.07. The van der Waals surface area contributed by atoms with Gasteiger partial charge in [-0.1, -0.05) is 69.3 Å². The average molecular weight is 400 g/mol. The lowest BCUT2D eigenvalue weighted by Gasteiger charge is -2.21. The van der Waals surface area contributed by atoms with E-state index >= 15 is 0 Å². The molecule has 2 N–H and O–H groups in total. The SMILES string of the molecule is CC(C)(C)SC[C@H](NC(=O)OCC1=C2C=CC=C[C@@H]2c2ccccc21)C(=O)O. The number of alkyl carbamates (subject to hydrolysis) is 1. The fraction of sp³-hybridized carbons (Fsp3) is 0.364. The normalized spacial score (nSPS) is 18.5. The summed E-state index contributed by atoms with van der Waals surface area (Å²) in [7, 11) is 0. The topological polar surface area (TPSA) is 75.6 Å².